The van der Waals surface area contributed by atoms with Crippen LogP contribution in [-0.4, -0.2) is 48.4 Å². The smallest absolute Gasteiger partial charge is 0.245 e. The summed E-state index contributed by atoms with van der Waals surface area (Å²) in [7, 11) is -5.35. The number of nitrogens with zero attached hydrogens (tertiary/aromatic N) is 1. The van der Waals surface area contributed by atoms with Crippen molar-refractivity contribution in [3.05, 3.63) is 24.0 Å². The molecule has 0 atom stereocenters. The summed E-state index contributed by atoms with van der Waals surface area (Å²) in [6.45, 7) is 0.513. The number of benzene rings is 1. The minimum atomic E-state index is -4.09. The second-order valence-electron chi connectivity index (χ2n) is 4.31. The fourth-order valence-corrected chi connectivity index (χ4v) is 3.36. The number of methoxy groups -OCH3 is 1. The Balaban J connectivity index is 3.09. The number of nitrogens with two attached hydrogens (primary N) is 1. The second kappa shape index (κ2) is 6.79. The SMILES string of the molecule is COCCCN(C)S(=O)(=O)c1ccc(S(N)(=O)=O)cc1F. The normalized spacial score (nSPS) is 12.8. The van der Waals surface area contributed by atoms with Gasteiger partial charge in [-0.1, -0.05) is 0 Å². The van der Waals surface area contributed by atoms with E-state index in [-0.39, 0.29) is 6.54 Å². The molecule has 0 bridgehead atoms. The molecule has 1 aromatic rings. The van der Waals surface area contributed by atoms with Gasteiger partial charge in [0.2, 0.25) is 20.0 Å². The Labute approximate surface area is 123 Å². The molecular weight excluding hydrogens is 323 g/mol. The van der Waals surface area contributed by atoms with Crippen molar-refractivity contribution in [3.63, 3.8) is 0 Å². The maximum Gasteiger partial charge on any atom is 0.245 e. The number of hydrogen-bond donors (Lipinski definition) is 1. The number of sulfonamides is 2. The fraction of sp³-hybridized carbons (Fsp3) is 0.455. The van der Waals surface area contributed by atoms with E-state index >= 15 is 0 Å². The summed E-state index contributed by atoms with van der Waals surface area (Å²) < 4.78 is 66.2. The van der Waals surface area contributed by atoms with Crippen molar-refractivity contribution < 1.29 is 26.0 Å². The number of primary sulfonamides is 1. The fourth-order valence-electron chi connectivity index (χ4n) is 1.59. The Hall–Kier alpha value is -1.07. The van der Waals surface area contributed by atoms with Gasteiger partial charge in [-0.25, -0.2) is 30.7 Å². The van der Waals surface area contributed by atoms with Crippen LogP contribution in [-0.2, 0) is 24.8 Å². The summed E-state index contributed by atoms with van der Waals surface area (Å²) in [4.78, 5) is -1.09. The monoisotopic (exact) mass is 340 g/mol. The summed E-state index contributed by atoms with van der Waals surface area (Å²) in [5, 5.41) is 4.86. The zero-order valence-electron chi connectivity index (χ0n) is 11.6. The molecule has 0 aliphatic heterocycles. The predicted octanol–water partition coefficient (Wildman–Crippen LogP) is 0.130. The van der Waals surface area contributed by atoms with Gasteiger partial charge in [0.1, 0.15) is 10.7 Å². The van der Waals surface area contributed by atoms with Gasteiger partial charge in [0.25, 0.3) is 0 Å². The first-order valence-corrected chi connectivity index (χ1v) is 8.87. The molecule has 0 radical (unpaired) electrons. The van der Waals surface area contributed by atoms with Crippen molar-refractivity contribution in [2.24, 2.45) is 5.14 Å². The Morgan fingerprint density at radius 1 is 1.29 bits per heavy atom. The highest BCUT2D eigenvalue weighted by atomic mass is 32.2. The first-order chi connectivity index (χ1) is 9.60. The van der Waals surface area contributed by atoms with Gasteiger partial charge in [0.05, 0.1) is 4.90 Å². The molecule has 0 saturated carbocycles. The second-order valence-corrected chi connectivity index (χ2v) is 7.88. The van der Waals surface area contributed by atoms with E-state index in [0.29, 0.717) is 19.1 Å². The van der Waals surface area contributed by atoms with Crippen LogP contribution in [0.1, 0.15) is 6.42 Å². The van der Waals surface area contributed by atoms with Gasteiger partial charge in [-0.15, -0.1) is 0 Å². The van der Waals surface area contributed by atoms with E-state index in [0.717, 1.165) is 16.4 Å². The molecule has 0 spiro atoms. The molecule has 0 aliphatic rings. The third-order valence-corrected chi connectivity index (χ3v) is 5.54. The Bertz CT molecular complexity index is 703. The molecule has 0 aliphatic carbocycles. The quantitative estimate of drug-likeness (QED) is 0.710. The number of hydrogen-bond acceptors (Lipinski definition) is 5. The maximum atomic E-state index is 13.9. The highest BCUT2D eigenvalue weighted by Crippen LogP contribution is 2.21. The maximum absolute atomic E-state index is 13.9. The lowest BCUT2D eigenvalue weighted by molar-refractivity contribution is 0.189. The van der Waals surface area contributed by atoms with E-state index in [2.05, 4.69) is 0 Å². The molecule has 0 amide bonds. The van der Waals surface area contributed by atoms with Crippen molar-refractivity contribution in [2.75, 3.05) is 27.3 Å². The van der Waals surface area contributed by atoms with Gasteiger partial charge in [-0.05, 0) is 24.6 Å². The van der Waals surface area contributed by atoms with E-state index in [1.165, 1.54) is 14.2 Å². The summed E-state index contributed by atoms with van der Waals surface area (Å²) >= 11 is 0. The highest BCUT2D eigenvalue weighted by molar-refractivity contribution is 7.89. The van der Waals surface area contributed by atoms with Crippen LogP contribution in [0.15, 0.2) is 28.0 Å². The molecule has 0 saturated heterocycles. The average Bonchev–Trinajstić information content (AvgIpc) is 2.37. The first kappa shape index (κ1) is 18.0. The molecule has 0 aromatic heterocycles. The molecule has 7 nitrogen and oxygen atoms in total. The van der Waals surface area contributed by atoms with Crippen LogP contribution < -0.4 is 5.14 Å². The highest BCUT2D eigenvalue weighted by Gasteiger charge is 2.25. The lowest BCUT2D eigenvalue weighted by Crippen LogP contribution is -2.29. The zero-order chi connectivity index (χ0) is 16.3. The minimum absolute atomic E-state index is 0.145. The van der Waals surface area contributed by atoms with Gasteiger partial charge >= 0.3 is 0 Å². The third-order valence-electron chi connectivity index (χ3n) is 2.74. The molecule has 0 fully saturated rings. The van der Waals surface area contributed by atoms with Crippen molar-refractivity contribution >= 4 is 20.0 Å². The summed E-state index contributed by atoms with van der Waals surface area (Å²) in [5.41, 5.74) is 0. The van der Waals surface area contributed by atoms with Crippen molar-refractivity contribution in [1.82, 2.24) is 4.31 Å². The topological polar surface area (TPSA) is 107 Å². The Morgan fingerprint density at radius 3 is 2.38 bits per heavy atom. The molecule has 0 heterocycles. The average molecular weight is 340 g/mol. The molecule has 10 heteroatoms. The molecule has 2 N–H and O–H groups in total. The largest absolute Gasteiger partial charge is 0.385 e. The van der Waals surface area contributed by atoms with E-state index in [1.807, 2.05) is 0 Å². The van der Waals surface area contributed by atoms with Crippen LogP contribution >= 0.6 is 0 Å². The van der Waals surface area contributed by atoms with Gasteiger partial charge < -0.3 is 4.74 Å². The van der Waals surface area contributed by atoms with Gasteiger partial charge in [0.15, 0.2) is 0 Å². The van der Waals surface area contributed by atoms with Crippen LogP contribution in [0.3, 0.4) is 0 Å². The molecular formula is C11H17FN2O5S2. The first-order valence-electron chi connectivity index (χ1n) is 5.88. The summed E-state index contributed by atoms with van der Waals surface area (Å²) in [5.74, 6) is -1.17. The number of halogens is 1. The lowest BCUT2D eigenvalue weighted by atomic mass is 10.3. The molecule has 120 valence electrons. The zero-order valence-corrected chi connectivity index (χ0v) is 13.2. The predicted molar refractivity (Wildman–Crippen MR) is 74.1 cm³/mol. The van der Waals surface area contributed by atoms with E-state index in [9.17, 15) is 21.2 Å². The molecule has 1 rings (SSSR count). The number of rotatable bonds is 7. The standard InChI is InChI=1S/C11H17FN2O5S2/c1-14(6-3-7-19-2)21(17,18)11-5-4-9(8-10(11)12)20(13,15)16/h4-5,8H,3,6-7H2,1-2H3,(H2,13,15,16). The van der Waals surface area contributed by atoms with Crippen LogP contribution in [0.25, 0.3) is 0 Å². The van der Waals surface area contributed by atoms with E-state index in [1.54, 1.807) is 0 Å². The van der Waals surface area contributed by atoms with Crippen molar-refractivity contribution in [2.45, 2.75) is 16.2 Å². The Morgan fingerprint density at radius 2 is 1.90 bits per heavy atom. The van der Waals surface area contributed by atoms with Crippen molar-refractivity contribution in [3.8, 4) is 0 Å². The lowest BCUT2D eigenvalue weighted by Gasteiger charge is -2.17. The summed E-state index contributed by atoms with van der Waals surface area (Å²) in [6.07, 6.45) is 0.448. The van der Waals surface area contributed by atoms with Crippen LogP contribution in [0, 0.1) is 5.82 Å². The number of ether oxygens (including phenoxy) is 1. The van der Waals surface area contributed by atoms with E-state index < -0.39 is 35.7 Å². The van der Waals surface area contributed by atoms with E-state index in [4.69, 9.17) is 9.88 Å². The minimum Gasteiger partial charge on any atom is -0.385 e. The van der Waals surface area contributed by atoms with Crippen LogP contribution in [0.5, 0.6) is 0 Å². The molecule has 0 unspecified atom stereocenters. The van der Waals surface area contributed by atoms with Gasteiger partial charge in [-0.3, -0.25) is 0 Å². The van der Waals surface area contributed by atoms with Crippen LogP contribution in [0.4, 0.5) is 4.39 Å². The molecule has 1 aromatic carbocycles. The van der Waals surface area contributed by atoms with Crippen molar-refractivity contribution in [1.29, 1.82) is 0 Å². The van der Waals surface area contributed by atoms with Gasteiger partial charge in [0, 0.05) is 27.3 Å². The third kappa shape index (κ3) is 4.45. The summed E-state index contributed by atoms with van der Waals surface area (Å²) in [6, 6.07) is 2.43. The van der Waals surface area contributed by atoms with Gasteiger partial charge in [-0.2, -0.15) is 0 Å². The Kier molecular flexibility index (Phi) is 5.82. The van der Waals surface area contributed by atoms with Crippen LogP contribution in [0.2, 0.25) is 0 Å². The molecule has 21 heavy (non-hydrogen) atoms.